The fourth-order valence-electron chi connectivity index (χ4n) is 3.20. The summed E-state index contributed by atoms with van der Waals surface area (Å²) in [6.45, 7) is 0. The van der Waals surface area contributed by atoms with Gasteiger partial charge in [0.1, 0.15) is 0 Å². The number of hydrogen-bond donors (Lipinski definition) is 0. The molecule has 0 bridgehead atoms. The van der Waals surface area contributed by atoms with Crippen LogP contribution in [-0.2, 0) is 6.42 Å². The van der Waals surface area contributed by atoms with Crippen molar-refractivity contribution < 1.29 is 4.79 Å². The van der Waals surface area contributed by atoms with Crippen molar-refractivity contribution in [2.45, 2.75) is 38.5 Å². The molecule has 1 aromatic rings. The molecule has 1 aromatic carbocycles. The van der Waals surface area contributed by atoms with Gasteiger partial charge >= 0.3 is 0 Å². The molecule has 1 saturated carbocycles. The molecule has 1 nitrogen and oxygen atoms in total. The van der Waals surface area contributed by atoms with Gasteiger partial charge in [-0.3, -0.25) is 4.79 Å². The Morgan fingerprint density at radius 2 is 1.89 bits per heavy atom. The highest BCUT2D eigenvalue weighted by Gasteiger charge is 2.28. The number of ketones is 1. The zero-order valence-electron chi connectivity index (χ0n) is 10.4. The van der Waals surface area contributed by atoms with Crippen LogP contribution in [0.5, 0.6) is 0 Å². The summed E-state index contributed by atoms with van der Waals surface area (Å²) >= 11 is 2.33. The molecule has 0 atom stereocenters. The normalized spacial score (nSPS) is 20.5. The van der Waals surface area contributed by atoms with Gasteiger partial charge < -0.3 is 0 Å². The first-order valence-corrected chi connectivity index (χ1v) is 7.87. The van der Waals surface area contributed by atoms with Crippen LogP contribution in [0.2, 0.25) is 0 Å². The van der Waals surface area contributed by atoms with E-state index >= 15 is 0 Å². The maximum Gasteiger partial charge on any atom is 0.189 e. The summed E-state index contributed by atoms with van der Waals surface area (Å²) in [6.07, 6.45) is 9.46. The molecular weight excluding hydrogens is 335 g/mol. The van der Waals surface area contributed by atoms with Crippen molar-refractivity contribution in [3.8, 4) is 0 Å². The Morgan fingerprint density at radius 3 is 2.67 bits per heavy atom. The zero-order chi connectivity index (χ0) is 12.5. The Morgan fingerprint density at radius 1 is 1.11 bits per heavy atom. The molecular formula is C16H17IO. The number of Topliss-reactive ketones (excluding diaryl/α,β-unsaturated/α-hetero) is 1. The fraction of sp³-hybridized carbons (Fsp3) is 0.438. The molecule has 18 heavy (non-hydrogen) atoms. The highest BCUT2D eigenvalue weighted by Crippen LogP contribution is 2.35. The van der Waals surface area contributed by atoms with Gasteiger partial charge in [0.25, 0.3) is 0 Å². The van der Waals surface area contributed by atoms with Crippen molar-refractivity contribution in [1.82, 2.24) is 0 Å². The number of rotatable bonds is 1. The highest BCUT2D eigenvalue weighted by molar-refractivity contribution is 14.1. The minimum absolute atomic E-state index is 0.293. The smallest absolute Gasteiger partial charge is 0.189 e. The summed E-state index contributed by atoms with van der Waals surface area (Å²) in [7, 11) is 0. The first-order valence-electron chi connectivity index (χ1n) is 6.79. The first-order chi connectivity index (χ1) is 8.77. The fourth-order valence-corrected chi connectivity index (χ4v) is 3.92. The lowest BCUT2D eigenvalue weighted by Gasteiger charge is -2.27. The van der Waals surface area contributed by atoms with E-state index < -0.39 is 0 Å². The number of benzene rings is 1. The molecule has 3 rings (SSSR count). The van der Waals surface area contributed by atoms with Gasteiger partial charge in [0.05, 0.1) is 0 Å². The van der Waals surface area contributed by atoms with E-state index in [2.05, 4.69) is 34.7 Å². The van der Waals surface area contributed by atoms with Crippen LogP contribution in [0, 0.1) is 9.49 Å². The minimum Gasteiger partial charge on any atom is -0.289 e. The van der Waals surface area contributed by atoms with Crippen molar-refractivity contribution in [2.24, 2.45) is 5.92 Å². The maximum absolute atomic E-state index is 12.6. The van der Waals surface area contributed by atoms with Crippen LogP contribution in [0.4, 0.5) is 0 Å². The molecule has 0 aromatic heterocycles. The van der Waals surface area contributed by atoms with E-state index in [0.29, 0.717) is 11.7 Å². The van der Waals surface area contributed by atoms with Crippen LogP contribution in [0.3, 0.4) is 0 Å². The predicted molar refractivity (Wildman–Crippen MR) is 81.9 cm³/mol. The van der Waals surface area contributed by atoms with Crippen molar-refractivity contribution in [3.05, 3.63) is 44.5 Å². The molecule has 0 spiro atoms. The summed E-state index contributed by atoms with van der Waals surface area (Å²) in [6, 6.07) is 6.09. The topological polar surface area (TPSA) is 17.1 Å². The van der Waals surface area contributed by atoms with Gasteiger partial charge in [-0.25, -0.2) is 0 Å². The van der Waals surface area contributed by atoms with Gasteiger partial charge in [-0.05, 0) is 65.0 Å². The Bertz CT molecular complexity index is 510. The molecule has 0 unspecified atom stereocenters. The molecule has 2 aliphatic rings. The van der Waals surface area contributed by atoms with E-state index in [-0.39, 0.29) is 0 Å². The van der Waals surface area contributed by atoms with E-state index in [1.54, 1.807) is 0 Å². The third-order valence-corrected chi connectivity index (χ3v) is 5.21. The quantitative estimate of drug-likeness (QED) is 0.679. The van der Waals surface area contributed by atoms with Crippen molar-refractivity contribution >= 4 is 28.4 Å². The molecule has 1 fully saturated rings. The second kappa shape index (κ2) is 5.16. The van der Waals surface area contributed by atoms with Crippen LogP contribution in [0.25, 0.3) is 0 Å². The largest absolute Gasteiger partial charge is 0.289 e. The van der Waals surface area contributed by atoms with Crippen molar-refractivity contribution in [3.63, 3.8) is 0 Å². The number of carbonyl (C=O) groups is 1. The van der Waals surface area contributed by atoms with E-state index in [1.807, 2.05) is 12.1 Å². The lowest BCUT2D eigenvalue weighted by atomic mass is 9.77. The predicted octanol–water partition coefficient (Wildman–Crippen LogP) is 4.54. The Kier molecular flexibility index (Phi) is 3.55. The number of hydrogen-bond acceptors (Lipinski definition) is 1. The van der Waals surface area contributed by atoms with Gasteiger partial charge in [-0.15, -0.1) is 0 Å². The molecule has 0 amide bonds. The number of carbonyl (C=O) groups excluding carboxylic acids is 1. The van der Waals surface area contributed by atoms with Crippen molar-refractivity contribution in [1.29, 1.82) is 0 Å². The van der Waals surface area contributed by atoms with Crippen LogP contribution in [0.15, 0.2) is 29.8 Å². The van der Waals surface area contributed by atoms with Gasteiger partial charge in [-0.1, -0.05) is 37.5 Å². The minimum atomic E-state index is 0.293. The first kappa shape index (κ1) is 12.4. The van der Waals surface area contributed by atoms with Gasteiger partial charge in [0.15, 0.2) is 5.78 Å². The molecule has 0 saturated heterocycles. The van der Waals surface area contributed by atoms with Gasteiger partial charge in [-0.2, -0.15) is 0 Å². The Balaban J connectivity index is 1.92. The van der Waals surface area contributed by atoms with Crippen LogP contribution in [-0.4, -0.2) is 5.78 Å². The van der Waals surface area contributed by atoms with E-state index in [1.165, 1.54) is 41.2 Å². The standard InChI is InChI=1S/C16H17IO/c17-15-8-4-7-14-13(15)10-9-12(16(14)18)11-5-2-1-3-6-11/h4,7-9,11H,1-3,5-6,10H2. The van der Waals surface area contributed by atoms with E-state index in [9.17, 15) is 4.79 Å². The van der Waals surface area contributed by atoms with E-state index in [4.69, 9.17) is 0 Å². The van der Waals surface area contributed by atoms with Gasteiger partial charge in [0, 0.05) is 9.13 Å². The Hall–Kier alpha value is -0.640. The monoisotopic (exact) mass is 352 g/mol. The van der Waals surface area contributed by atoms with Gasteiger partial charge in [0.2, 0.25) is 0 Å². The zero-order valence-corrected chi connectivity index (χ0v) is 12.6. The molecule has 2 heteroatoms. The number of halogens is 1. The second-order valence-corrected chi connectivity index (χ2v) is 6.46. The molecule has 2 aliphatic carbocycles. The summed E-state index contributed by atoms with van der Waals surface area (Å²) in [5, 5.41) is 0. The van der Waals surface area contributed by atoms with Crippen LogP contribution in [0.1, 0.15) is 48.0 Å². The summed E-state index contributed by atoms with van der Waals surface area (Å²) in [4.78, 5) is 12.6. The lowest BCUT2D eigenvalue weighted by molar-refractivity contribution is 0.101. The summed E-state index contributed by atoms with van der Waals surface area (Å²) in [5.74, 6) is 0.818. The molecule has 0 aliphatic heterocycles. The lowest BCUT2D eigenvalue weighted by Crippen LogP contribution is -2.21. The second-order valence-electron chi connectivity index (χ2n) is 5.29. The average molecular weight is 352 g/mol. The summed E-state index contributed by atoms with van der Waals surface area (Å²) < 4.78 is 1.22. The number of fused-ring (bicyclic) bond motifs is 1. The third-order valence-electron chi connectivity index (χ3n) is 4.20. The molecule has 0 radical (unpaired) electrons. The Labute approximate surface area is 122 Å². The van der Waals surface area contributed by atoms with E-state index in [0.717, 1.165) is 17.6 Å². The van der Waals surface area contributed by atoms with Crippen molar-refractivity contribution in [2.75, 3.05) is 0 Å². The highest BCUT2D eigenvalue weighted by atomic mass is 127. The molecule has 0 N–H and O–H groups in total. The number of allylic oxidation sites excluding steroid dienone is 2. The average Bonchev–Trinajstić information content (AvgIpc) is 2.41. The SMILES string of the molecule is O=C1C(C2CCCCC2)=CCc2c(I)cccc21. The molecule has 0 heterocycles. The summed E-state index contributed by atoms with van der Waals surface area (Å²) in [5.41, 5.74) is 3.27. The van der Waals surface area contributed by atoms with Crippen LogP contribution < -0.4 is 0 Å². The third kappa shape index (κ3) is 2.15. The molecule has 94 valence electrons. The maximum atomic E-state index is 12.6. The van der Waals surface area contributed by atoms with Crippen LogP contribution >= 0.6 is 22.6 Å².